The largest absolute Gasteiger partial charge is 0.482 e. The lowest BCUT2D eigenvalue weighted by molar-refractivity contribution is -0.146. The molecule has 0 aromatic heterocycles. The molecule has 3 nitrogen and oxygen atoms in total. The van der Waals surface area contributed by atoms with E-state index >= 15 is 0 Å². The van der Waals surface area contributed by atoms with Gasteiger partial charge in [-0.3, -0.25) is 0 Å². The van der Waals surface area contributed by atoms with Gasteiger partial charge >= 0.3 is 5.97 Å². The molecular weight excluding hydrogens is 276 g/mol. The summed E-state index contributed by atoms with van der Waals surface area (Å²) in [4.78, 5) is 11.5. The number of hydrogen-bond acceptors (Lipinski definition) is 3. The van der Waals surface area contributed by atoms with Gasteiger partial charge in [0.05, 0.1) is 6.61 Å². The molecule has 22 heavy (non-hydrogen) atoms. The van der Waals surface area contributed by atoms with E-state index in [1.54, 1.807) is 0 Å². The SMILES string of the molecule is C=CCCCCCCCCCOC(=O)COc1ccccc1. The van der Waals surface area contributed by atoms with Gasteiger partial charge in [-0.15, -0.1) is 6.58 Å². The van der Waals surface area contributed by atoms with Crippen molar-refractivity contribution in [2.24, 2.45) is 0 Å². The van der Waals surface area contributed by atoms with Crippen molar-refractivity contribution in [2.45, 2.75) is 51.4 Å². The first-order valence-corrected chi connectivity index (χ1v) is 8.27. The van der Waals surface area contributed by atoms with Crippen LogP contribution < -0.4 is 4.74 Å². The molecule has 0 bridgehead atoms. The van der Waals surface area contributed by atoms with Gasteiger partial charge in [0.1, 0.15) is 5.75 Å². The first kappa shape index (κ1) is 18.3. The van der Waals surface area contributed by atoms with Gasteiger partial charge in [0, 0.05) is 0 Å². The molecule has 0 fully saturated rings. The molecule has 0 aliphatic carbocycles. The number of carbonyl (C=O) groups excluding carboxylic acids is 1. The summed E-state index contributed by atoms with van der Waals surface area (Å²) in [7, 11) is 0. The molecule has 0 aliphatic heterocycles. The number of ether oxygens (including phenoxy) is 2. The van der Waals surface area contributed by atoms with E-state index in [9.17, 15) is 4.79 Å². The Labute approximate surface area is 134 Å². The molecule has 1 rings (SSSR count). The molecule has 0 amide bonds. The number of para-hydroxylation sites is 1. The van der Waals surface area contributed by atoms with Gasteiger partial charge in [-0.2, -0.15) is 0 Å². The van der Waals surface area contributed by atoms with Crippen molar-refractivity contribution in [3.05, 3.63) is 43.0 Å². The lowest BCUT2D eigenvalue weighted by atomic mass is 10.1. The quantitative estimate of drug-likeness (QED) is 0.295. The monoisotopic (exact) mass is 304 g/mol. The Morgan fingerprint density at radius 3 is 2.27 bits per heavy atom. The van der Waals surface area contributed by atoms with Crippen molar-refractivity contribution in [3.63, 3.8) is 0 Å². The highest BCUT2D eigenvalue weighted by Crippen LogP contribution is 2.09. The molecule has 0 saturated heterocycles. The van der Waals surface area contributed by atoms with Gasteiger partial charge in [-0.1, -0.05) is 56.4 Å². The summed E-state index contributed by atoms with van der Waals surface area (Å²) in [6, 6.07) is 9.30. The highest BCUT2D eigenvalue weighted by molar-refractivity contribution is 5.71. The molecule has 0 spiro atoms. The Hall–Kier alpha value is -1.77. The predicted octanol–water partition coefficient (Wildman–Crippen LogP) is 4.92. The molecule has 0 aliphatic rings. The van der Waals surface area contributed by atoms with Crippen LogP contribution in [0.1, 0.15) is 51.4 Å². The first-order chi connectivity index (χ1) is 10.8. The van der Waals surface area contributed by atoms with Crippen molar-refractivity contribution < 1.29 is 14.3 Å². The van der Waals surface area contributed by atoms with Crippen LogP contribution in [0.15, 0.2) is 43.0 Å². The zero-order valence-corrected chi connectivity index (χ0v) is 13.5. The summed E-state index contributed by atoms with van der Waals surface area (Å²) in [6.45, 7) is 4.20. The van der Waals surface area contributed by atoms with Crippen LogP contribution >= 0.6 is 0 Å². The average Bonchev–Trinajstić information content (AvgIpc) is 2.55. The Morgan fingerprint density at radius 2 is 1.59 bits per heavy atom. The minimum Gasteiger partial charge on any atom is -0.482 e. The van der Waals surface area contributed by atoms with Gasteiger partial charge < -0.3 is 9.47 Å². The molecule has 0 N–H and O–H groups in total. The maximum absolute atomic E-state index is 11.5. The van der Waals surface area contributed by atoms with Crippen molar-refractivity contribution in [1.29, 1.82) is 0 Å². The molecular formula is C19H28O3. The van der Waals surface area contributed by atoms with E-state index in [0.717, 1.165) is 19.3 Å². The second-order valence-electron chi connectivity index (χ2n) is 5.37. The summed E-state index contributed by atoms with van der Waals surface area (Å²) < 4.78 is 10.5. The number of hydrogen-bond donors (Lipinski definition) is 0. The minimum atomic E-state index is -0.298. The molecule has 0 heterocycles. The van der Waals surface area contributed by atoms with Crippen LogP contribution in [0.4, 0.5) is 0 Å². The number of carbonyl (C=O) groups is 1. The smallest absolute Gasteiger partial charge is 0.344 e. The summed E-state index contributed by atoms with van der Waals surface area (Å²) in [6.07, 6.45) is 11.5. The second-order valence-corrected chi connectivity index (χ2v) is 5.37. The number of rotatable bonds is 13. The van der Waals surface area contributed by atoms with Crippen LogP contribution in [0, 0.1) is 0 Å². The maximum Gasteiger partial charge on any atom is 0.344 e. The molecule has 0 unspecified atom stereocenters. The fourth-order valence-corrected chi connectivity index (χ4v) is 2.16. The topological polar surface area (TPSA) is 35.5 Å². The second kappa shape index (κ2) is 12.9. The standard InChI is InChI=1S/C19H28O3/c1-2-3-4-5-6-7-8-9-13-16-21-19(20)17-22-18-14-11-10-12-15-18/h2,10-12,14-15H,1,3-9,13,16-17H2. The minimum absolute atomic E-state index is 0.0205. The van der Waals surface area contributed by atoms with Crippen molar-refractivity contribution >= 4 is 5.97 Å². The Kier molecular flexibility index (Phi) is 10.7. The highest BCUT2D eigenvalue weighted by Gasteiger charge is 2.03. The van der Waals surface area contributed by atoms with Gasteiger partial charge in [0.15, 0.2) is 6.61 Å². The van der Waals surface area contributed by atoms with Crippen LogP contribution in [0.3, 0.4) is 0 Å². The maximum atomic E-state index is 11.5. The number of unbranched alkanes of at least 4 members (excludes halogenated alkanes) is 7. The number of allylic oxidation sites excluding steroid dienone is 1. The average molecular weight is 304 g/mol. The van der Waals surface area contributed by atoms with Crippen molar-refractivity contribution in [1.82, 2.24) is 0 Å². The van der Waals surface area contributed by atoms with E-state index in [4.69, 9.17) is 9.47 Å². The molecule has 0 atom stereocenters. The Balaban J connectivity index is 1.87. The van der Waals surface area contributed by atoms with Crippen molar-refractivity contribution in [2.75, 3.05) is 13.2 Å². The fourth-order valence-electron chi connectivity index (χ4n) is 2.16. The van der Waals surface area contributed by atoms with Crippen LogP contribution in [-0.2, 0) is 9.53 Å². The van der Waals surface area contributed by atoms with Gasteiger partial charge in [-0.05, 0) is 31.4 Å². The molecule has 1 aromatic rings. The van der Waals surface area contributed by atoms with Crippen molar-refractivity contribution in [3.8, 4) is 5.75 Å². The van der Waals surface area contributed by atoms with E-state index in [-0.39, 0.29) is 12.6 Å². The zero-order chi connectivity index (χ0) is 15.9. The summed E-state index contributed by atoms with van der Waals surface area (Å²) >= 11 is 0. The Bertz CT molecular complexity index is 400. The molecule has 0 radical (unpaired) electrons. The van der Waals surface area contributed by atoms with E-state index in [2.05, 4.69) is 6.58 Å². The summed E-state index contributed by atoms with van der Waals surface area (Å²) in [5, 5.41) is 0. The van der Waals surface area contributed by atoms with Crippen LogP contribution in [0.25, 0.3) is 0 Å². The number of esters is 1. The van der Waals surface area contributed by atoms with E-state index in [0.29, 0.717) is 12.4 Å². The summed E-state index contributed by atoms with van der Waals surface area (Å²) in [5.41, 5.74) is 0. The van der Waals surface area contributed by atoms with E-state index in [1.807, 2.05) is 36.4 Å². The summed E-state index contributed by atoms with van der Waals surface area (Å²) in [5.74, 6) is 0.393. The number of benzene rings is 1. The molecule has 3 heteroatoms. The van der Waals surface area contributed by atoms with Gasteiger partial charge in [0.2, 0.25) is 0 Å². The van der Waals surface area contributed by atoms with Crippen LogP contribution in [0.2, 0.25) is 0 Å². The van der Waals surface area contributed by atoms with Crippen LogP contribution in [0.5, 0.6) is 5.75 Å². The normalized spacial score (nSPS) is 10.2. The lowest BCUT2D eigenvalue weighted by Crippen LogP contribution is -2.15. The van der Waals surface area contributed by atoms with Crippen LogP contribution in [-0.4, -0.2) is 19.2 Å². The van der Waals surface area contributed by atoms with Gasteiger partial charge in [0.25, 0.3) is 0 Å². The van der Waals surface area contributed by atoms with Gasteiger partial charge in [-0.25, -0.2) is 4.79 Å². The first-order valence-electron chi connectivity index (χ1n) is 8.27. The molecule has 0 saturated carbocycles. The third-order valence-electron chi connectivity index (χ3n) is 3.42. The lowest BCUT2D eigenvalue weighted by Gasteiger charge is -2.07. The molecule has 122 valence electrons. The highest BCUT2D eigenvalue weighted by atomic mass is 16.6. The zero-order valence-electron chi connectivity index (χ0n) is 13.5. The van der Waals surface area contributed by atoms with E-state index < -0.39 is 0 Å². The third kappa shape index (κ3) is 10.0. The Morgan fingerprint density at radius 1 is 0.955 bits per heavy atom. The molecule has 1 aromatic carbocycles. The fraction of sp³-hybridized carbons (Fsp3) is 0.526. The predicted molar refractivity (Wildman–Crippen MR) is 90.0 cm³/mol. The van der Waals surface area contributed by atoms with E-state index in [1.165, 1.54) is 32.1 Å². The third-order valence-corrected chi connectivity index (χ3v) is 3.42.